The minimum Gasteiger partial charge on any atom is -0.481 e. The third-order valence-corrected chi connectivity index (χ3v) is 2.17. The first-order valence-corrected chi connectivity index (χ1v) is 4.69. The molecule has 0 saturated heterocycles. The number of hydrogen-bond acceptors (Lipinski definition) is 5. The average molecular weight is 226 g/mol. The summed E-state index contributed by atoms with van der Waals surface area (Å²) in [6, 6.07) is 6.36. The predicted octanol–water partition coefficient (Wildman–Crippen LogP) is -0.159. The highest BCUT2D eigenvalue weighted by Gasteiger charge is 2.20. The van der Waals surface area contributed by atoms with E-state index in [0.717, 1.165) is 0 Å². The van der Waals surface area contributed by atoms with Crippen LogP contribution in [0.3, 0.4) is 0 Å². The average Bonchev–Trinajstić information content (AvgIpc) is 2.27. The molecule has 6 N–H and O–H groups in total. The Hall–Kier alpha value is -1.63. The molecule has 0 bridgehead atoms. The summed E-state index contributed by atoms with van der Waals surface area (Å²) in [4.78, 5) is 10.3. The van der Waals surface area contributed by atoms with Gasteiger partial charge in [0.1, 0.15) is 6.10 Å². The maximum Gasteiger partial charge on any atom is 0.306 e. The molecule has 0 saturated carbocycles. The fraction of sp³-hybridized carbons (Fsp3) is 0.300. The standard InChI is InChI=1S/C10H14N2O4/c11-12-7-3-1-6(2-4-7)10(16)8(13)5-9(14)15/h1-4,8,10,12-13,16H,5,11H2,(H,14,15). The van der Waals surface area contributed by atoms with Gasteiger partial charge in [-0.3, -0.25) is 10.6 Å². The van der Waals surface area contributed by atoms with Crippen LogP contribution in [0.2, 0.25) is 0 Å². The van der Waals surface area contributed by atoms with E-state index in [0.29, 0.717) is 11.3 Å². The van der Waals surface area contributed by atoms with E-state index in [9.17, 15) is 15.0 Å². The first kappa shape index (κ1) is 12.4. The molecule has 0 heterocycles. The fourth-order valence-corrected chi connectivity index (χ4v) is 1.29. The third kappa shape index (κ3) is 3.20. The number of nitrogens with two attached hydrogens (primary N) is 1. The van der Waals surface area contributed by atoms with Crippen LogP contribution in [0.1, 0.15) is 18.1 Å². The Labute approximate surface area is 92.3 Å². The van der Waals surface area contributed by atoms with Gasteiger partial charge in [-0.1, -0.05) is 12.1 Å². The van der Waals surface area contributed by atoms with E-state index in [4.69, 9.17) is 10.9 Å². The number of hydrazine groups is 1. The molecule has 0 amide bonds. The molecule has 6 heteroatoms. The molecule has 88 valence electrons. The number of benzene rings is 1. The van der Waals surface area contributed by atoms with Crippen LogP contribution in [0.5, 0.6) is 0 Å². The lowest BCUT2D eigenvalue weighted by Crippen LogP contribution is -2.21. The number of carboxylic acids is 1. The zero-order chi connectivity index (χ0) is 12.1. The van der Waals surface area contributed by atoms with Gasteiger partial charge in [0, 0.05) is 5.69 Å². The third-order valence-electron chi connectivity index (χ3n) is 2.17. The molecule has 2 atom stereocenters. The summed E-state index contributed by atoms with van der Waals surface area (Å²) >= 11 is 0. The zero-order valence-electron chi connectivity index (χ0n) is 8.50. The number of nitrogens with one attached hydrogen (secondary N) is 1. The molecule has 0 radical (unpaired) electrons. The topological polar surface area (TPSA) is 116 Å². The molecule has 0 aliphatic carbocycles. The normalized spacial score (nSPS) is 14.2. The van der Waals surface area contributed by atoms with Crippen molar-refractivity contribution in [2.45, 2.75) is 18.6 Å². The molecule has 6 nitrogen and oxygen atoms in total. The Balaban J connectivity index is 2.71. The van der Waals surface area contributed by atoms with E-state index in [1.54, 1.807) is 24.3 Å². The summed E-state index contributed by atoms with van der Waals surface area (Å²) in [5.74, 6) is 4.00. The van der Waals surface area contributed by atoms with Crippen molar-refractivity contribution >= 4 is 11.7 Å². The van der Waals surface area contributed by atoms with E-state index < -0.39 is 24.6 Å². The SMILES string of the molecule is NNc1ccc(C(O)C(O)CC(=O)O)cc1. The van der Waals surface area contributed by atoms with Gasteiger partial charge in [0.15, 0.2) is 0 Å². The molecular formula is C10H14N2O4. The van der Waals surface area contributed by atoms with E-state index in [1.807, 2.05) is 0 Å². The number of carbonyl (C=O) groups is 1. The summed E-state index contributed by atoms with van der Waals surface area (Å²) in [6.07, 6.45) is -3.05. The number of aliphatic hydroxyl groups excluding tert-OH is 2. The van der Waals surface area contributed by atoms with Gasteiger partial charge in [0.05, 0.1) is 12.5 Å². The monoisotopic (exact) mass is 226 g/mol. The van der Waals surface area contributed by atoms with Crippen LogP contribution in [0.25, 0.3) is 0 Å². The van der Waals surface area contributed by atoms with Gasteiger partial charge < -0.3 is 20.7 Å². The molecule has 0 aliphatic rings. The zero-order valence-corrected chi connectivity index (χ0v) is 8.50. The molecule has 1 aromatic rings. The molecular weight excluding hydrogens is 212 g/mol. The van der Waals surface area contributed by atoms with E-state index >= 15 is 0 Å². The van der Waals surface area contributed by atoms with Crippen LogP contribution in [0.4, 0.5) is 5.69 Å². The lowest BCUT2D eigenvalue weighted by atomic mass is 10.0. The van der Waals surface area contributed by atoms with Crippen molar-refractivity contribution in [3.05, 3.63) is 29.8 Å². The molecule has 1 rings (SSSR count). The highest BCUT2D eigenvalue weighted by molar-refractivity contribution is 5.67. The lowest BCUT2D eigenvalue weighted by Gasteiger charge is -2.16. The van der Waals surface area contributed by atoms with Crippen molar-refractivity contribution in [3.63, 3.8) is 0 Å². The summed E-state index contributed by atoms with van der Waals surface area (Å²) < 4.78 is 0. The Bertz CT molecular complexity index is 352. The maximum absolute atomic E-state index is 10.3. The molecule has 0 fully saturated rings. The number of carboxylic acid groups (broad SMARTS) is 1. The first-order valence-electron chi connectivity index (χ1n) is 4.69. The van der Waals surface area contributed by atoms with Crippen LogP contribution in [0, 0.1) is 0 Å². The van der Waals surface area contributed by atoms with Gasteiger partial charge >= 0.3 is 5.97 Å². The van der Waals surface area contributed by atoms with Gasteiger partial charge in [0.25, 0.3) is 0 Å². The second-order valence-electron chi connectivity index (χ2n) is 3.38. The second kappa shape index (κ2) is 5.45. The van der Waals surface area contributed by atoms with Crippen LogP contribution in [-0.2, 0) is 4.79 Å². The van der Waals surface area contributed by atoms with Gasteiger partial charge in [0.2, 0.25) is 0 Å². The molecule has 0 aromatic heterocycles. The van der Waals surface area contributed by atoms with Gasteiger partial charge in [-0.15, -0.1) is 0 Å². The number of rotatable bonds is 5. The summed E-state index contributed by atoms with van der Waals surface area (Å²) in [5, 5.41) is 27.5. The van der Waals surface area contributed by atoms with Gasteiger partial charge in [-0.2, -0.15) is 0 Å². The minimum atomic E-state index is -1.32. The Kier molecular flexibility index (Phi) is 4.24. The van der Waals surface area contributed by atoms with Crippen molar-refractivity contribution in [3.8, 4) is 0 Å². The summed E-state index contributed by atoms with van der Waals surface area (Å²) in [7, 11) is 0. The minimum absolute atomic E-state index is 0.438. The van der Waals surface area contributed by atoms with E-state index in [1.165, 1.54) is 0 Å². The molecule has 0 aliphatic heterocycles. The number of hydrogen-bond donors (Lipinski definition) is 5. The Morgan fingerprint density at radius 1 is 1.31 bits per heavy atom. The van der Waals surface area contributed by atoms with Crippen molar-refractivity contribution in [1.29, 1.82) is 0 Å². The highest BCUT2D eigenvalue weighted by Crippen LogP contribution is 2.20. The summed E-state index contributed by atoms with van der Waals surface area (Å²) in [5.41, 5.74) is 3.51. The van der Waals surface area contributed by atoms with Crippen molar-refractivity contribution in [2.75, 3.05) is 5.43 Å². The maximum atomic E-state index is 10.3. The van der Waals surface area contributed by atoms with Crippen molar-refractivity contribution in [2.24, 2.45) is 5.84 Å². The molecule has 16 heavy (non-hydrogen) atoms. The number of anilines is 1. The number of nitrogen functional groups attached to an aromatic ring is 1. The van der Waals surface area contributed by atoms with E-state index in [2.05, 4.69) is 5.43 Å². The quantitative estimate of drug-likeness (QED) is 0.352. The van der Waals surface area contributed by atoms with Crippen LogP contribution >= 0.6 is 0 Å². The molecule has 2 unspecified atom stereocenters. The van der Waals surface area contributed by atoms with Crippen molar-refractivity contribution in [1.82, 2.24) is 0 Å². The lowest BCUT2D eigenvalue weighted by molar-refractivity contribution is -0.141. The smallest absolute Gasteiger partial charge is 0.306 e. The van der Waals surface area contributed by atoms with Gasteiger partial charge in [-0.05, 0) is 17.7 Å². The van der Waals surface area contributed by atoms with Crippen LogP contribution < -0.4 is 11.3 Å². The highest BCUT2D eigenvalue weighted by atomic mass is 16.4. The first-order chi connectivity index (χ1) is 7.54. The number of aliphatic carboxylic acids is 1. The van der Waals surface area contributed by atoms with Gasteiger partial charge in [-0.25, -0.2) is 0 Å². The Morgan fingerprint density at radius 3 is 2.31 bits per heavy atom. The predicted molar refractivity (Wildman–Crippen MR) is 57.5 cm³/mol. The van der Waals surface area contributed by atoms with Crippen LogP contribution in [0.15, 0.2) is 24.3 Å². The van der Waals surface area contributed by atoms with Crippen molar-refractivity contribution < 1.29 is 20.1 Å². The van der Waals surface area contributed by atoms with Crippen LogP contribution in [-0.4, -0.2) is 27.4 Å². The van der Waals surface area contributed by atoms with E-state index in [-0.39, 0.29) is 0 Å². The molecule has 1 aromatic carbocycles. The summed E-state index contributed by atoms with van der Waals surface area (Å²) in [6.45, 7) is 0. The molecule has 0 spiro atoms. The Morgan fingerprint density at radius 2 is 1.88 bits per heavy atom. The largest absolute Gasteiger partial charge is 0.481 e. The second-order valence-corrected chi connectivity index (χ2v) is 3.38. The fourth-order valence-electron chi connectivity index (χ4n) is 1.29. The number of aliphatic hydroxyl groups is 2.